The first kappa shape index (κ1) is 16.7. The van der Waals surface area contributed by atoms with E-state index in [1.807, 2.05) is 50.2 Å². The maximum absolute atomic E-state index is 12.2. The molecule has 22 heavy (non-hydrogen) atoms. The normalized spacial score (nSPS) is 10.7. The Morgan fingerprint density at radius 1 is 1.14 bits per heavy atom. The maximum atomic E-state index is 12.2. The van der Waals surface area contributed by atoms with Gasteiger partial charge in [-0.2, -0.15) is 0 Å². The first-order chi connectivity index (χ1) is 10.6. The second-order valence-electron chi connectivity index (χ2n) is 5.34. The number of carbonyl (C=O) groups excluding carboxylic acids is 1. The number of benzene rings is 2. The summed E-state index contributed by atoms with van der Waals surface area (Å²) in [6.45, 7) is 5.11. The Morgan fingerprint density at radius 2 is 1.86 bits per heavy atom. The summed E-state index contributed by atoms with van der Waals surface area (Å²) in [6, 6.07) is 15.5. The highest BCUT2D eigenvalue weighted by Crippen LogP contribution is 2.16. The van der Waals surface area contributed by atoms with Crippen LogP contribution in [0.4, 0.5) is 0 Å². The number of ether oxygens (including phenoxy) is 1. The molecule has 0 radical (unpaired) electrons. The van der Waals surface area contributed by atoms with Gasteiger partial charge in [0.1, 0.15) is 0 Å². The lowest BCUT2D eigenvalue weighted by Crippen LogP contribution is -2.23. The van der Waals surface area contributed by atoms with Crippen molar-refractivity contribution < 1.29 is 9.53 Å². The molecule has 116 valence electrons. The predicted octanol–water partition coefficient (Wildman–Crippen LogP) is 4.30. The van der Waals surface area contributed by atoms with Crippen molar-refractivity contribution in [2.24, 2.45) is 0 Å². The van der Waals surface area contributed by atoms with E-state index >= 15 is 0 Å². The molecule has 0 spiro atoms. The summed E-state index contributed by atoms with van der Waals surface area (Å²) in [5.74, 6) is -0.0868. The highest BCUT2D eigenvalue weighted by molar-refractivity contribution is 9.10. The third-order valence-electron chi connectivity index (χ3n) is 3.15. The van der Waals surface area contributed by atoms with Crippen molar-refractivity contribution in [3.8, 4) is 0 Å². The average Bonchev–Trinajstić information content (AvgIpc) is 2.51. The maximum Gasteiger partial charge on any atom is 0.252 e. The van der Waals surface area contributed by atoms with Crippen LogP contribution in [0.3, 0.4) is 0 Å². The van der Waals surface area contributed by atoms with Gasteiger partial charge < -0.3 is 10.1 Å². The van der Waals surface area contributed by atoms with Crippen LogP contribution in [-0.2, 0) is 17.9 Å². The fraction of sp³-hybridized carbons (Fsp3) is 0.278. The zero-order valence-corrected chi connectivity index (χ0v) is 14.4. The van der Waals surface area contributed by atoms with E-state index in [0.29, 0.717) is 18.7 Å². The highest BCUT2D eigenvalue weighted by atomic mass is 79.9. The van der Waals surface area contributed by atoms with Crippen LogP contribution in [0.2, 0.25) is 0 Å². The van der Waals surface area contributed by atoms with Crippen molar-refractivity contribution in [1.29, 1.82) is 0 Å². The lowest BCUT2D eigenvalue weighted by Gasteiger charge is -2.10. The van der Waals surface area contributed by atoms with Crippen molar-refractivity contribution in [1.82, 2.24) is 5.32 Å². The van der Waals surface area contributed by atoms with E-state index < -0.39 is 0 Å². The molecule has 4 heteroatoms. The van der Waals surface area contributed by atoms with Gasteiger partial charge in [-0.3, -0.25) is 4.79 Å². The SMILES string of the molecule is CC(C)OCc1cccc(CNC(=O)c2ccccc2Br)c1. The number of rotatable bonds is 6. The van der Waals surface area contributed by atoms with Gasteiger partial charge in [0, 0.05) is 11.0 Å². The van der Waals surface area contributed by atoms with E-state index in [2.05, 4.69) is 27.3 Å². The Morgan fingerprint density at radius 3 is 2.59 bits per heavy atom. The largest absolute Gasteiger partial charge is 0.374 e. The number of hydrogen-bond acceptors (Lipinski definition) is 2. The van der Waals surface area contributed by atoms with Crippen molar-refractivity contribution >= 4 is 21.8 Å². The molecule has 2 rings (SSSR count). The third-order valence-corrected chi connectivity index (χ3v) is 3.84. The summed E-state index contributed by atoms with van der Waals surface area (Å²) >= 11 is 3.39. The van der Waals surface area contributed by atoms with Crippen LogP contribution < -0.4 is 5.32 Å². The molecule has 2 aromatic carbocycles. The van der Waals surface area contributed by atoms with E-state index in [0.717, 1.165) is 15.6 Å². The van der Waals surface area contributed by atoms with Crippen LogP contribution in [-0.4, -0.2) is 12.0 Å². The second kappa shape index (κ2) is 8.11. The molecule has 0 saturated carbocycles. The number of hydrogen-bond donors (Lipinski definition) is 1. The molecule has 1 N–H and O–H groups in total. The van der Waals surface area contributed by atoms with E-state index in [1.54, 1.807) is 6.07 Å². The molecule has 0 aromatic heterocycles. The fourth-order valence-electron chi connectivity index (χ4n) is 2.02. The van der Waals surface area contributed by atoms with Crippen LogP contribution in [0.5, 0.6) is 0 Å². The first-order valence-electron chi connectivity index (χ1n) is 7.28. The molecule has 0 atom stereocenters. The lowest BCUT2D eigenvalue weighted by atomic mass is 10.1. The van der Waals surface area contributed by atoms with Crippen molar-refractivity contribution in [3.05, 3.63) is 69.7 Å². The molecule has 2 aromatic rings. The van der Waals surface area contributed by atoms with Crippen LogP contribution >= 0.6 is 15.9 Å². The minimum Gasteiger partial charge on any atom is -0.374 e. The van der Waals surface area contributed by atoms with E-state index in [1.165, 1.54) is 0 Å². The van der Waals surface area contributed by atoms with Crippen LogP contribution in [0.15, 0.2) is 53.0 Å². The molecule has 1 amide bonds. The molecule has 0 bridgehead atoms. The first-order valence-corrected chi connectivity index (χ1v) is 8.07. The zero-order chi connectivity index (χ0) is 15.9. The summed E-state index contributed by atoms with van der Waals surface area (Å²) in [4.78, 5) is 12.2. The van der Waals surface area contributed by atoms with E-state index in [9.17, 15) is 4.79 Å². The topological polar surface area (TPSA) is 38.3 Å². The highest BCUT2D eigenvalue weighted by Gasteiger charge is 2.08. The van der Waals surface area contributed by atoms with Crippen molar-refractivity contribution in [3.63, 3.8) is 0 Å². The van der Waals surface area contributed by atoms with E-state index in [4.69, 9.17) is 4.74 Å². The molecule has 0 aliphatic rings. The van der Waals surface area contributed by atoms with Gasteiger partial charge in [-0.1, -0.05) is 36.4 Å². The molecule has 0 fully saturated rings. The second-order valence-corrected chi connectivity index (χ2v) is 6.20. The van der Waals surface area contributed by atoms with Gasteiger partial charge in [0.25, 0.3) is 5.91 Å². The molecule has 0 heterocycles. The minimum absolute atomic E-state index is 0.0868. The van der Waals surface area contributed by atoms with Crippen LogP contribution in [0.25, 0.3) is 0 Å². The average molecular weight is 362 g/mol. The minimum atomic E-state index is -0.0868. The summed E-state index contributed by atoms with van der Waals surface area (Å²) in [7, 11) is 0. The Labute approximate surface area is 139 Å². The predicted molar refractivity (Wildman–Crippen MR) is 91.7 cm³/mol. The van der Waals surface area contributed by atoms with Gasteiger partial charge in [-0.15, -0.1) is 0 Å². The number of halogens is 1. The summed E-state index contributed by atoms with van der Waals surface area (Å²) in [5, 5.41) is 2.94. The fourth-order valence-corrected chi connectivity index (χ4v) is 2.48. The molecule has 0 saturated heterocycles. The Balaban J connectivity index is 1.95. The lowest BCUT2D eigenvalue weighted by molar-refractivity contribution is 0.0657. The van der Waals surface area contributed by atoms with Gasteiger partial charge in [0.15, 0.2) is 0 Å². The standard InChI is InChI=1S/C18H20BrNO2/c1-13(2)22-12-15-7-5-6-14(10-15)11-20-18(21)16-8-3-4-9-17(16)19/h3-10,13H,11-12H2,1-2H3,(H,20,21). The van der Waals surface area contributed by atoms with Gasteiger partial charge >= 0.3 is 0 Å². The molecule has 0 aliphatic heterocycles. The Kier molecular flexibility index (Phi) is 6.16. The van der Waals surface area contributed by atoms with Crippen LogP contribution in [0.1, 0.15) is 35.3 Å². The van der Waals surface area contributed by atoms with Gasteiger partial charge in [0.05, 0.1) is 18.3 Å². The number of amides is 1. The Hall–Kier alpha value is -1.65. The molecular weight excluding hydrogens is 342 g/mol. The zero-order valence-electron chi connectivity index (χ0n) is 12.8. The monoisotopic (exact) mass is 361 g/mol. The van der Waals surface area contributed by atoms with Gasteiger partial charge in [-0.25, -0.2) is 0 Å². The summed E-state index contributed by atoms with van der Waals surface area (Å²) in [6.07, 6.45) is 0.207. The van der Waals surface area contributed by atoms with Gasteiger partial charge in [-0.05, 0) is 53.0 Å². The van der Waals surface area contributed by atoms with Crippen LogP contribution in [0, 0.1) is 0 Å². The molecule has 0 unspecified atom stereocenters. The third kappa shape index (κ3) is 4.97. The summed E-state index contributed by atoms with van der Waals surface area (Å²) < 4.78 is 6.40. The summed E-state index contributed by atoms with van der Waals surface area (Å²) in [5.41, 5.74) is 2.81. The van der Waals surface area contributed by atoms with Gasteiger partial charge in [0.2, 0.25) is 0 Å². The molecule has 3 nitrogen and oxygen atoms in total. The van der Waals surface area contributed by atoms with Crippen molar-refractivity contribution in [2.75, 3.05) is 0 Å². The molecule has 0 aliphatic carbocycles. The Bertz CT molecular complexity index is 640. The smallest absolute Gasteiger partial charge is 0.252 e. The quantitative estimate of drug-likeness (QED) is 0.832. The number of carbonyl (C=O) groups is 1. The van der Waals surface area contributed by atoms with Crippen molar-refractivity contribution in [2.45, 2.75) is 33.1 Å². The van der Waals surface area contributed by atoms with E-state index in [-0.39, 0.29) is 12.0 Å². The number of nitrogens with one attached hydrogen (secondary N) is 1. The molecular formula is C18H20BrNO2.